The molecular weight excluding hydrogens is 314 g/mol. The fraction of sp³-hybridized carbons (Fsp3) is 0.200. The van der Waals surface area contributed by atoms with Crippen molar-refractivity contribution in [2.24, 2.45) is 14.1 Å². The summed E-state index contributed by atoms with van der Waals surface area (Å²) in [5.74, 6) is -0.739. The van der Waals surface area contributed by atoms with E-state index in [0.717, 1.165) is 4.57 Å². The Labute approximate surface area is 135 Å². The van der Waals surface area contributed by atoms with Gasteiger partial charge in [-0.1, -0.05) is 18.2 Å². The first-order valence-electron chi connectivity index (χ1n) is 7.11. The monoisotopic (exact) mass is 329 g/mol. The Bertz CT molecular complexity index is 1060. The van der Waals surface area contributed by atoms with Gasteiger partial charge < -0.3 is 15.4 Å². The number of carboxylic acid groups (broad SMARTS) is 1. The predicted molar refractivity (Wildman–Crippen MR) is 87.3 cm³/mol. The normalized spacial score (nSPS) is 10.9. The van der Waals surface area contributed by atoms with Crippen LogP contribution in [0.1, 0.15) is 15.9 Å². The van der Waals surface area contributed by atoms with Crippen molar-refractivity contribution in [2.45, 2.75) is 6.54 Å². The zero-order chi connectivity index (χ0) is 17.4. The molecule has 0 saturated heterocycles. The first-order chi connectivity index (χ1) is 11.4. The van der Waals surface area contributed by atoms with Crippen LogP contribution in [0, 0.1) is 0 Å². The maximum absolute atomic E-state index is 12.1. The Kier molecular flexibility index (Phi) is 3.68. The first-order valence-corrected chi connectivity index (χ1v) is 7.11. The van der Waals surface area contributed by atoms with Crippen LogP contribution in [0.3, 0.4) is 0 Å². The van der Waals surface area contributed by atoms with Gasteiger partial charge in [0.05, 0.1) is 5.56 Å². The van der Waals surface area contributed by atoms with E-state index >= 15 is 0 Å². The number of nitrogens with one attached hydrogen (secondary N) is 2. The number of aromatic carboxylic acids is 1. The molecule has 0 aliphatic carbocycles. The van der Waals surface area contributed by atoms with Crippen molar-refractivity contribution in [3.63, 3.8) is 0 Å². The highest BCUT2D eigenvalue weighted by Crippen LogP contribution is 2.13. The Morgan fingerprint density at radius 3 is 2.67 bits per heavy atom. The summed E-state index contributed by atoms with van der Waals surface area (Å²) in [4.78, 5) is 42.2. The molecule has 0 bridgehead atoms. The van der Waals surface area contributed by atoms with Gasteiger partial charge in [0.15, 0.2) is 11.2 Å². The zero-order valence-electron chi connectivity index (χ0n) is 13.0. The van der Waals surface area contributed by atoms with Gasteiger partial charge in [-0.15, -0.1) is 0 Å². The number of rotatable bonds is 4. The van der Waals surface area contributed by atoms with Crippen LogP contribution in [0.15, 0.2) is 33.9 Å². The van der Waals surface area contributed by atoms with Crippen molar-refractivity contribution in [1.29, 1.82) is 0 Å². The lowest BCUT2D eigenvalue weighted by Gasteiger charge is -2.06. The third kappa shape index (κ3) is 2.45. The minimum absolute atomic E-state index is 0.185. The molecule has 0 aliphatic rings. The van der Waals surface area contributed by atoms with Crippen molar-refractivity contribution in [2.75, 3.05) is 5.32 Å². The highest BCUT2D eigenvalue weighted by molar-refractivity contribution is 5.89. The molecule has 0 saturated carbocycles. The molecule has 3 rings (SSSR count). The van der Waals surface area contributed by atoms with Crippen molar-refractivity contribution in [1.82, 2.24) is 19.1 Å². The van der Waals surface area contributed by atoms with Gasteiger partial charge in [-0.2, -0.15) is 4.98 Å². The summed E-state index contributed by atoms with van der Waals surface area (Å²) in [5, 5.41) is 12.1. The summed E-state index contributed by atoms with van der Waals surface area (Å²) in [6.45, 7) is 0.205. The van der Waals surface area contributed by atoms with Crippen LogP contribution in [0.25, 0.3) is 11.2 Å². The SMILES string of the molecule is Cn1c(=O)c2[nH]c(NCc3ccccc3C(=O)O)nc2n(C)c1=O. The van der Waals surface area contributed by atoms with Gasteiger partial charge in [0, 0.05) is 20.6 Å². The molecule has 0 amide bonds. The molecule has 24 heavy (non-hydrogen) atoms. The van der Waals surface area contributed by atoms with Gasteiger partial charge in [-0.25, -0.2) is 9.59 Å². The van der Waals surface area contributed by atoms with Gasteiger partial charge in [-0.05, 0) is 11.6 Å². The van der Waals surface area contributed by atoms with Crippen molar-refractivity contribution in [3.05, 3.63) is 56.2 Å². The van der Waals surface area contributed by atoms with Crippen LogP contribution in [0.2, 0.25) is 0 Å². The van der Waals surface area contributed by atoms with Gasteiger partial charge in [0.1, 0.15) is 0 Å². The van der Waals surface area contributed by atoms with Crippen molar-refractivity contribution >= 4 is 23.1 Å². The second kappa shape index (κ2) is 5.69. The molecule has 0 unspecified atom stereocenters. The lowest BCUT2D eigenvalue weighted by molar-refractivity contribution is 0.0696. The second-order valence-corrected chi connectivity index (χ2v) is 5.31. The molecule has 0 aliphatic heterocycles. The van der Waals surface area contributed by atoms with Crippen LogP contribution < -0.4 is 16.6 Å². The number of carbonyl (C=O) groups is 1. The average molecular weight is 329 g/mol. The Balaban J connectivity index is 1.97. The standard InChI is InChI=1S/C15H15N5O4/c1-19-11-10(12(21)20(2)15(19)24)17-14(18-11)16-7-8-5-3-4-6-9(8)13(22)23/h3-6H,7H2,1-2H3,(H,22,23)(H2,16,17,18). The van der Waals surface area contributed by atoms with E-state index in [9.17, 15) is 19.5 Å². The summed E-state index contributed by atoms with van der Waals surface area (Å²) in [6, 6.07) is 6.58. The maximum atomic E-state index is 12.1. The second-order valence-electron chi connectivity index (χ2n) is 5.31. The zero-order valence-corrected chi connectivity index (χ0v) is 13.0. The molecule has 0 fully saturated rings. The Hall–Kier alpha value is -3.36. The number of imidazole rings is 1. The summed E-state index contributed by atoms with van der Waals surface area (Å²) in [6.07, 6.45) is 0. The molecular formula is C15H15N5O4. The molecule has 2 heterocycles. The summed E-state index contributed by atoms with van der Waals surface area (Å²) >= 11 is 0. The molecule has 9 heteroatoms. The molecule has 0 spiro atoms. The molecule has 9 nitrogen and oxygen atoms in total. The van der Waals surface area contributed by atoms with Gasteiger partial charge in [0.2, 0.25) is 5.95 Å². The van der Waals surface area contributed by atoms with Crippen molar-refractivity contribution in [3.8, 4) is 0 Å². The molecule has 3 aromatic rings. The molecule has 124 valence electrons. The van der Waals surface area contributed by atoms with E-state index in [1.165, 1.54) is 24.7 Å². The minimum atomic E-state index is -1.02. The number of aromatic nitrogens is 4. The average Bonchev–Trinajstić information content (AvgIpc) is 3.01. The molecule has 1 aromatic carbocycles. The number of hydrogen-bond acceptors (Lipinski definition) is 5. The fourth-order valence-corrected chi connectivity index (χ4v) is 2.47. The molecule has 2 aromatic heterocycles. The van der Waals surface area contributed by atoms with Gasteiger partial charge in [-0.3, -0.25) is 13.9 Å². The van der Waals surface area contributed by atoms with Crippen LogP contribution in [0.5, 0.6) is 0 Å². The topological polar surface area (TPSA) is 122 Å². The van der Waals surface area contributed by atoms with E-state index < -0.39 is 17.2 Å². The molecule has 0 radical (unpaired) electrons. The quantitative estimate of drug-likeness (QED) is 0.631. The van der Waals surface area contributed by atoms with Crippen molar-refractivity contribution < 1.29 is 9.90 Å². The summed E-state index contributed by atoms with van der Waals surface area (Å²) < 4.78 is 2.26. The fourth-order valence-electron chi connectivity index (χ4n) is 2.47. The van der Waals surface area contributed by atoms with E-state index in [2.05, 4.69) is 15.3 Å². The maximum Gasteiger partial charge on any atom is 0.336 e. The van der Waals surface area contributed by atoms with Crippen LogP contribution >= 0.6 is 0 Å². The van der Waals surface area contributed by atoms with E-state index in [0.29, 0.717) is 5.56 Å². The third-order valence-corrected chi connectivity index (χ3v) is 3.79. The highest BCUT2D eigenvalue weighted by Gasteiger charge is 2.14. The predicted octanol–water partition coefficient (Wildman–Crippen LogP) is 0.271. The molecule has 0 atom stereocenters. The minimum Gasteiger partial charge on any atom is -0.478 e. The lowest BCUT2D eigenvalue weighted by Crippen LogP contribution is -2.36. The van der Waals surface area contributed by atoms with Gasteiger partial charge in [0.25, 0.3) is 5.56 Å². The number of aromatic amines is 1. The Morgan fingerprint density at radius 2 is 1.96 bits per heavy atom. The highest BCUT2D eigenvalue weighted by atomic mass is 16.4. The number of anilines is 1. The number of nitrogens with zero attached hydrogens (tertiary/aromatic N) is 3. The van der Waals surface area contributed by atoms with E-state index in [1.807, 2.05) is 0 Å². The largest absolute Gasteiger partial charge is 0.478 e. The number of H-pyrrole nitrogens is 1. The van der Waals surface area contributed by atoms with E-state index in [-0.39, 0.29) is 29.2 Å². The molecule has 3 N–H and O–H groups in total. The first kappa shape index (κ1) is 15.5. The Morgan fingerprint density at radius 1 is 1.25 bits per heavy atom. The van der Waals surface area contributed by atoms with E-state index in [1.54, 1.807) is 18.2 Å². The van der Waals surface area contributed by atoms with Crippen LogP contribution in [0.4, 0.5) is 5.95 Å². The lowest BCUT2D eigenvalue weighted by atomic mass is 10.1. The number of fused-ring (bicyclic) bond motifs is 1. The number of hydrogen-bond donors (Lipinski definition) is 3. The van der Waals surface area contributed by atoms with Crippen LogP contribution in [-0.4, -0.2) is 30.2 Å². The van der Waals surface area contributed by atoms with E-state index in [4.69, 9.17) is 0 Å². The summed E-state index contributed by atoms with van der Waals surface area (Å²) in [7, 11) is 2.91. The van der Waals surface area contributed by atoms with Crippen LogP contribution in [-0.2, 0) is 20.6 Å². The number of carboxylic acids is 1. The van der Waals surface area contributed by atoms with Gasteiger partial charge >= 0.3 is 11.7 Å². The summed E-state index contributed by atoms with van der Waals surface area (Å²) in [5.41, 5.74) is 0.253. The smallest absolute Gasteiger partial charge is 0.336 e. The number of aryl methyl sites for hydroxylation is 1. The third-order valence-electron chi connectivity index (χ3n) is 3.79. The number of benzene rings is 1.